The van der Waals surface area contributed by atoms with Gasteiger partial charge in [0.15, 0.2) is 0 Å². The van der Waals surface area contributed by atoms with Crippen molar-refractivity contribution in [2.75, 3.05) is 6.54 Å². The van der Waals surface area contributed by atoms with Crippen LogP contribution in [0.2, 0.25) is 0 Å². The number of pyridine rings is 1. The second-order valence-electron chi connectivity index (χ2n) is 4.36. The van der Waals surface area contributed by atoms with Crippen LogP contribution in [0, 0.1) is 13.8 Å². The third-order valence-electron chi connectivity index (χ3n) is 2.81. The van der Waals surface area contributed by atoms with Crippen molar-refractivity contribution in [3.05, 3.63) is 35.3 Å². The van der Waals surface area contributed by atoms with E-state index in [2.05, 4.69) is 15.5 Å². The molecular formula is C14H17N3O2. The number of hydrogen-bond acceptors (Lipinski definition) is 4. The topological polar surface area (TPSA) is 68.0 Å². The quantitative estimate of drug-likeness (QED) is 0.916. The van der Waals surface area contributed by atoms with E-state index in [4.69, 9.17) is 4.52 Å². The van der Waals surface area contributed by atoms with E-state index in [9.17, 15) is 4.79 Å². The summed E-state index contributed by atoms with van der Waals surface area (Å²) in [6.07, 6.45) is 0.898. The number of aromatic nitrogens is 2. The largest absolute Gasteiger partial charge is 0.361 e. The van der Waals surface area contributed by atoms with Crippen LogP contribution >= 0.6 is 0 Å². The number of carbonyl (C=O) groups is 1. The molecule has 0 aliphatic rings. The fourth-order valence-corrected chi connectivity index (χ4v) is 1.88. The highest BCUT2D eigenvalue weighted by Crippen LogP contribution is 2.24. The molecule has 0 aromatic carbocycles. The van der Waals surface area contributed by atoms with Crippen LogP contribution in [0.5, 0.6) is 0 Å². The van der Waals surface area contributed by atoms with Gasteiger partial charge in [0.05, 0.1) is 17.0 Å². The molecule has 0 saturated heterocycles. The van der Waals surface area contributed by atoms with E-state index >= 15 is 0 Å². The maximum absolute atomic E-state index is 11.9. The van der Waals surface area contributed by atoms with Crippen molar-refractivity contribution in [1.82, 2.24) is 15.5 Å². The SMILES string of the molecule is CCCNC(=O)c1cccc(-c2c(C)noc2C)n1. The van der Waals surface area contributed by atoms with Gasteiger partial charge >= 0.3 is 0 Å². The first-order valence-corrected chi connectivity index (χ1v) is 6.32. The van der Waals surface area contributed by atoms with Crippen LogP contribution in [0.3, 0.4) is 0 Å². The summed E-state index contributed by atoms with van der Waals surface area (Å²) in [5.74, 6) is 0.548. The molecule has 1 amide bonds. The van der Waals surface area contributed by atoms with Crippen molar-refractivity contribution in [2.45, 2.75) is 27.2 Å². The number of nitrogens with zero attached hydrogens (tertiary/aromatic N) is 2. The van der Waals surface area contributed by atoms with Crippen LogP contribution in [-0.2, 0) is 0 Å². The third-order valence-corrected chi connectivity index (χ3v) is 2.81. The zero-order valence-corrected chi connectivity index (χ0v) is 11.4. The molecule has 2 aromatic heterocycles. The molecule has 0 bridgehead atoms. The Kier molecular flexibility index (Phi) is 3.94. The molecule has 1 N–H and O–H groups in total. The minimum absolute atomic E-state index is 0.157. The average Bonchev–Trinajstić information content (AvgIpc) is 2.75. The third kappa shape index (κ3) is 2.81. The van der Waals surface area contributed by atoms with Crippen LogP contribution in [0.1, 0.15) is 35.3 Å². The molecule has 0 spiro atoms. The highest BCUT2D eigenvalue weighted by molar-refractivity contribution is 5.92. The molecule has 0 fully saturated rings. The van der Waals surface area contributed by atoms with Gasteiger partial charge in [-0.25, -0.2) is 4.98 Å². The van der Waals surface area contributed by atoms with E-state index in [1.807, 2.05) is 32.9 Å². The number of amides is 1. The Morgan fingerprint density at radius 1 is 1.37 bits per heavy atom. The molecule has 0 aliphatic carbocycles. The van der Waals surface area contributed by atoms with Gasteiger partial charge in [0.2, 0.25) is 0 Å². The Balaban J connectivity index is 2.32. The normalized spacial score (nSPS) is 10.5. The van der Waals surface area contributed by atoms with Crippen molar-refractivity contribution >= 4 is 5.91 Å². The van der Waals surface area contributed by atoms with Crippen molar-refractivity contribution in [3.63, 3.8) is 0 Å². The Hall–Kier alpha value is -2.17. The molecule has 2 aromatic rings. The highest BCUT2D eigenvalue weighted by atomic mass is 16.5. The Labute approximate surface area is 112 Å². The lowest BCUT2D eigenvalue weighted by Gasteiger charge is -2.05. The average molecular weight is 259 g/mol. The monoisotopic (exact) mass is 259 g/mol. The molecule has 2 heterocycles. The Bertz CT molecular complexity index is 571. The Morgan fingerprint density at radius 3 is 2.79 bits per heavy atom. The lowest BCUT2D eigenvalue weighted by atomic mass is 10.1. The predicted octanol–water partition coefficient (Wildman–Crippen LogP) is 2.49. The van der Waals surface area contributed by atoms with Crippen LogP contribution in [0.4, 0.5) is 0 Å². The summed E-state index contributed by atoms with van der Waals surface area (Å²) in [7, 11) is 0. The molecule has 5 heteroatoms. The fraction of sp³-hybridized carbons (Fsp3) is 0.357. The standard InChI is InChI=1S/C14H17N3O2/c1-4-8-15-14(18)12-7-5-6-11(16-12)13-9(2)17-19-10(13)3/h5-7H,4,8H2,1-3H3,(H,15,18). The van der Waals surface area contributed by atoms with Crippen LogP contribution in [-0.4, -0.2) is 22.6 Å². The zero-order chi connectivity index (χ0) is 13.8. The smallest absolute Gasteiger partial charge is 0.269 e. The molecule has 100 valence electrons. The van der Waals surface area contributed by atoms with E-state index in [0.29, 0.717) is 23.7 Å². The summed E-state index contributed by atoms with van der Waals surface area (Å²) in [6.45, 7) is 6.35. The number of hydrogen-bond donors (Lipinski definition) is 1. The second-order valence-corrected chi connectivity index (χ2v) is 4.36. The highest BCUT2D eigenvalue weighted by Gasteiger charge is 2.14. The van der Waals surface area contributed by atoms with Gasteiger partial charge in [-0.3, -0.25) is 4.79 Å². The van der Waals surface area contributed by atoms with Gasteiger partial charge in [-0.15, -0.1) is 0 Å². The molecule has 5 nitrogen and oxygen atoms in total. The van der Waals surface area contributed by atoms with Crippen molar-refractivity contribution in [2.24, 2.45) is 0 Å². The molecule has 19 heavy (non-hydrogen) atoms. The van der Waals surface area contributed by atoms with E-state index in [1.165, 1.54) is 0 Å². The molecule has 2 rings (SSSR count). The molecule has 0 saturated carbocycles. The molecule has 0 aliphatic heterocycles. The van der Waals surface area contributed by atoms with E-state index in [0.717, 1.165) is 17.7 Å². The Morgan fingerprint density at radius 2 is 2.16 bits per heavy atom. The number of aryl methyl sites for hydroxylation is 2. The first-order valence-electron chi connectivity index (χ1n) is 6.32. The van der Waals surface area contributed by atoms with E-state index in [1.54, 1.807) is 6.07 Å². The van der Waals surface area contributed by atoms with Crippen molar-refractivity contribution in [1.29, 1.82) is 0 Å². The van der Waals surface area contributed by atoms with Gasteiger partial charge in [0.25, 0.3) is 5.91 Å². The minimum Gasteiger partial charge on any atom is -0.361 e. The maximum Gasteiger partial charge on any atom is 0.269 e. The summed E-state index contributed by atoms with van der Waals surface area (Å²) in [4.78, 5) is 16.3. The van der Waals surface area contributed by atoms with Gasteiger partial charge in [-0.1, -0.05) is 18.1 Å². The first-order chi connectivity index (χ1) is 9.13. The summed E-state index contributed by atoms with van der Waals surface area (Å²) in [5.41, 5.74) is 2.74. The van der Waals surface area contributed by atoms with Crippen LogP contribution in [0.15, 0.2) is 22.7 Å². The summed E-state index contributed by atoms with van der Waals surface area (Å²) in [6, 6.07) is 5.37. The number of nitrogens with one attached hydrogen (secondary N) is 1. The second kappa shape index (κ2) is 5.65. The van der Waals surface area contributed by atoms with E-state index in [-0.39, 0.29) is 5.91 Å². The number of rotatable bonds is 4. The summed E-state index contributed by atoms with van der Waals surface area (Å²) in [5, 5.41) is 6.71. The lowest BCUT2D eigenvalue weighted by molar-refractivity contribution is 0.0949. The van der Waals surface area contributed by atoms with Crippen molar-refractivity contribution in [3.8, 4) is 11.3 Å². The number of carbonyl (C=O) groups excluding carboxylic acids is 1. The van der Waals surface area contributed by atoms with Gasteiger partial charge in [0.1, 0.15) is 11.5 Å². The summed E-state index contributed by atoms with van der Waals surface area (Å²) >= 11 is 0. The first kappa shape index (κ1) is 13.3. The molecule has 0 radical (unpaired) electrons. The fourth-order valence-electron chi connectivity index (χ4n) is 1.88. The maximum atomic E-state index is 11.9. The molecule has 0 unspecified atom stereocenters. The van der Waals surface area contributed by atoms with Gasteiger partial charge in [-0.05, 0) is 32.4 Å². The lowest BCUT2D eigenvalue weighted by Crippen LogP contribution is -2.24. The predicted molar refractivity (Wildman–Crippen MR) is 71.8 cm³/mol. The van der Waals surface area contributed by atoms with Gasteiger partial charge in [-0.2, -0.15) is 0 Å². The zero-order valence-electron chi connectivity index (χ0n) is 11.4. The molecular weight excluding hydrogens is 242 g/mol. The van der Waals surface area contributed by atoms with E-state index < -0.39 is 0 Å². The van der Waals surface area contributed by atoms with Crippen molar-refractivity contribution < 1.29 is 9.32 Å². The van der Waals surface area contributed by atoms with Gasteiger partial charge in [0, 0.05) is 6.54 Å². The minimum atomic E-state index is -0.157. The van der Waals surface area contributed by atoms with Crippen LogP contribution in [0.25, 0.3) is 11.3 Å². The van der Waals surface area contributed by atoms with Gasteiger partial charge < -0.3 is 9.84 Å². The molecule has 0 atom stereocenters. The summed E-state index contributed by atoms with van der Waals surface area (Å²) < 4.78 is 5.12. The van der Waals surface area contributed by atoms with Crippen LogP contribution < -0.4 is 5.32 Å².